The van der Waals surface area contributed by atoms with Crippen LogP contribution in [0.25, 0.3) is 11.1 Å². The average molecular weight is 404 g/mol. The summed E-state index contributed by atoms with van der Waals surface area (Å²) in [6.07, 6.45) is -0.458. The van der Waals surface area contributed by atoms with Gasteiger partial charge in [-0.1, -0.05) is 18.6 Å². The Hall–Kier alpha value is -2.57. The highest BCUT2D eigenvalue weighted by Crippen LogP contribution is 2.32. The van der Waals surface area contributed by atoms with Crippen molar-refractivity contribution in [3.05, 3.63) is 57.5 Å². The van der Waals surface area contributed by atoms with Gasteiger partial charge in [0.1, 0.15) is 0 Å². The van der Waals surface area contributed by atoms with Crippen LogP contribution < -0.4 is 5.56 Å². The summed E-state index contributed by atoms with van der Waals surface area (Å²) in [5.41, 5.74) is 1.81. The maximum atomic E-state index is 13.3. The van der Waals surface area contributed by atoms with Crippen LogP contribution in [0.15, 0.2) is 35.1 Å². The van der Waals surface area contributed by atoms with Gasteiger partial charge in [-0.2, -0.15) is 13.2 Å². The first-order valence-corrected chi connectivity index (χ1v) is 9.93. The second-order valence-electron chi connectivity index (χ2n) is 8.01. The van der Waals surface area contributed by atoms with Crippen molar-refractivity contribution in [2.75, 3.05) is 6.54 Å². The molecule has 0 atom stereocenters. The van der Waals surface area contributed by atoms with E-state index in [-0.39, 0.29) is 11.5 Å². The first-order valence-electron chi connectivity index (χ1n) is 9.93. The van der Waals surface area contributed by atoms with E-state index in [1.54, 1.807) is 11.0 Å². The van der Waals surface area contributed by atoms with Crippen molar-refractivity contribution in [1.82, 2.24) is 9.47 Å². The number of aromatic nitrogens is 1. The lowest BCUT2D eigenvalue weighted by atomic mass is 9.85. The Morgan fingerprint density at radius 1 is 1.17 bits per heavy atom. The topological polar surface area (TPSA) is 42.3 Å². The highest BCUT2D eigenvalue weighted by Gasteiger charge is 2.30. The number of pyridine rings is 1. The normalized spacial score (nSPS) is 17.0. The Kier molecular flexibility index (Phi) is 5.00. The molecular formula is C22H23F3N2O2. The van der Waals surface area contributed by atoms with E-state index in [0.29, 0.717) is 43.1 Å². The van der Waals surface area contributed by atoms with E-state index in [2.05, 4.69) is 0 Å². The molecule has 2 aliphatic rings. The van der Waals surface area contributed by atoms with Crippen LogP contribution >= 0.6 is 0 Å². The van der Waals surface area contributed by atoms with Crippen molar-refractivity contribution in [3.8, 4) is 11.1 Å². The molecule has 1 fully saturated rings. The van der Waals surface area contributed by atoms with E-state index < -0.39 is 11.7 Å². The molecule has 29 heavy (non-hydrogen) atoms. The zero-order valence-electron chi connectivity index (χ0n) is 16.3. The maximum Gasteiger partial charge on any atom is 0.416 e. The summed E-state index contributed by atoms with van der Waals surface area (Å²) in [6, 6.07) is 6.47. The van der Waals surface area contributed by atoms with Crippen molar-refractivity contribution >= 4 is 5.91 Å². The molecule has 1 aromatic carbocycles. The predicted molar refractivity (Wildman–Crippen MR) is 103 cm³/mol. The van der Waals surface area contributed by atoms with Crippen LogP contribution in [-0.2, 0) is 30.5 Å². The highest BCUT2D eigenvalue weighted by molar-refractivity contribution is 5.74. The number of halogens is 3. The summed E-state index contributed by atoms with van der Waals surface area (Å²) in [5, 5.41) is 0. The molecule has 1 amide bonds. The lowest BCUT2D eigenvalue weighted by Gasteiger charge is -2.33. The number of rotatable bonds is 3. The van der Waals surface area contributed by atoms with E-state index in [9.17, 15) is 22.8 Å². The molecule has 0 saturated heterocycles. The maximum absolute atomic E-state index is 13.3. The van der Waals surface area contributed by atoms with Gasteiger partial charge in [-0.05, 0) is 48.1 Å². The number of carbonyl (C=O) groups excluding carboxylic acids is 1. The smallest absolute Gasteiger partial charge is 0.338 e. The molecule has 7 heteroatoms. The standard InChI is InChI=1S/C22H23F3N2O2/c1-14(28)26-10-9-20-17(13-26)11-19(21(29)27(20)12-15-3-2-4-15)16-5-7-18(8-6-16)22(23,24)25/h5-8,11,15H,2-4,9-10,12-13H2,1H3. The fourth-order valence-electron chi connectivity index (χ4n) is 4.16. The van der Waals surface area contributed by atoms with Crippen LogP contribution in [0.5, 0.6) is 0 Å². The van der Waals surface area contributed by atoms with E-state index in [4.69, 9.17) is 0 Å². The zero-order valence-corrected chi connectivity index (χ0v) is 16.3. The van der Waals surface area contributed by atoms with Gasteiger partial charge < -0.3 is 9.47 Å². The summed E-state index contributed by atoms with van der Waals surface area (Å²) in [4.78, 5) is 26.8. The van der Waals surface area contributed by atoms with Crippen molar-refractivity contribution in [3.63, 3.8) is 0 Å². The Balaban J connectivity index is 1.79. The van der Waals surface area contributed by atoms with Gasteiger partial charge in [-0.15, -0.1) is 0 Å². The molecule has 4 rings (SSSR count). The second-order valence-corrected chi connectivity index (χ2v) is 8.01. The monoisotopic (exact) mass is 404 g/mol. The highest BCUT2D eigenvalue weighted by atomic mass is 19.4. The minimum absolute atomic E-state index is 0.0246. The van der Waals surface area contributed by atoms with Crippen LogP contribution in [-0.4, -0.2) is 21.9 Å². The van der Waals surface area contributed by atoms with Crippen LogP contribution in [0.1, 0.15) is 43.0 Å². The fraction of sp³-hybridized carbons (Fsp3) is 0.455. The Morgan fingerprint density at radius 3 is 2.41 bits per heavy atom. The van der Waals surface area contributed by atoms with Gasteiger partial charge in [-0.25, -0.2) is 0 Å². The van der Waals surface area contributed by atoms with Gasteiger partial charge in [0.15, 0.2) is 0 Å². The molecule has 1 aliphatic heterocycles. The molecular weight excluding hydrogens is 381 g/mol. The molecule has 1 aromatic heterocycles. The second kappa shape index (κ2) is 7.35. The fourth-order valence-corrected chi connectivity index (χ4v) is 4.16. The van der Waals surface area contributed by atoms with Crippen molar-refractivity contribution in [2.24, 2.45) is 5.92 Å². The molecule has 0 spiro atoms. The third-order valence-electron chi connectivity index (χ3n) is 6.10. The van der Waals surface area contributed by atoms with Crippen LogP contribution in [0.2, 0.25) is 0 Å². The van der Waals surface area contributed by atoms with Gasteiger partial charge in [0.05, 0.1) is 5.56 Å². The largest absolute Gasteiger partial charge is 0.416 e. The predicted octanol–water partition coefficient (Wildman–Crippen LogP) is 4.24. The number of carbonyl (C=O) groups is 1. The van der Waals surface area contributed by atoms with Gasteiger partial charge in [0.25, 0.3) is 5.56 Å². The van der Waals surface area contributed by atoms with Crippen molar-refractivity contribution < 1.29 is 18.0 Å². The molecule has 154 valence electrons. The van der Waals surface area contributed by atoms with Crippen LogP contribution in [0.4, 0.5) is 13.2 Å². The SMILES string of the molecule is CC(=O)N1CCc2c(cc(-c3ccc(C(F)(F)F)cc3)c(=O)n2CC2CCC2)C1. The Morgan fingerprint density at radius 2 is 1.86 bits per heavy atom. The molecule has 1 aliphatic carbocycles. The summed E-state index contributed by atoms with van der Waals surface area (Å²) < 4.78 is 40.5. The minimum atomic E-state index is -4.42. The first-order chi connectivity index (χ1) is 13.7. The van der Waals surface area contributed by atoms with E-state index in [0.717, 1.165) is 42.7 Å². The third-order valence-corrected chi connectivity index (χ3v) is 6.10. The number of benzene rings is 1. The number of nitrogens with zero attached hydrogens (tertiary/aromatic N) is 2. The number of alkyl halides is 3. The summed E-state index contributed by atoms with van der Waals surface area (Å²) in [6.45, 7) is 3.15. The lowest BCUT2D eigenvalue weighted by Crippen LogP contribution is -2.39. The van der Waals surface area contributed by atoms with Gasteiger partial charge in [0.2, 0.25) is 5.91 Å². The molecule has 0 unspecified atom stereocenters. The molecule has 2 heterocycles. The zero-order chi connectivity index (χ0) is 20.8. The number of amides is 1. The average Bonchev–Trinajstić information content (AvgIpc) is 2.64. The van der Waals surface area contributed by atoms with E-state index in [1.165, 1.54) is 19.1 Å². The lowest BCUT2D eigenvalue weighted by molar-refractivity contribution is -0.137. The first kappa shape index (κ1) is 19.7. The number of hydrogen-bond acceptors (Lipinski definition) is 2. The number of fused-ring (bicyclic) bond motifs is 1. The Labute approximate surface area is 167 Å². The Bertz CT molecular complexity index is 989. The molecule has 4 nitrogen and oxygen atoms in total. The van der Waals surface area contributed by atoms with Crippen molar-refractivity contribution in [2.45, 2.75) is 51.9 Å². The molecule has 1 saturated carbocycles. The van der Waals surface area contributed by atoms with E-state index in [1.807, 2.05) is 4.57 Å². The van der Waals surface area contributed by atoms with Gasteiger partial charge in [0, 0.05) is 44.2 Å². The van der Waals surface area contributed by atoms with Crippen LogP contribution in [0, 0.1) is 5.92 Å². The number of hydrogen-bond donors (Lipinski definition) is 0. The molecule has 2 aromatic rings. The summed E-state index contributed by atoms with van der Waals surface area (Å²) in [7, 11) is 0. The molecule has 0 bridgehead atoms. The third kappa shape index (κ3) is 3.82. The quantitative estimate of drug-likeness (QED) is 0.768. The minimum Gasteiger partial charge on any atom is -0.338 e. The van der Waals surface area contributed by atoms with Crippen molar-refractivity contribution in [1.29, 1.82) is 0 Å². The van der Waals surface area contributed by atoms with E-state index >= 15 is 0 Å². The van der Waals surface area contributed by atoms with Crippen LogP contribution in [0.3, 0.4) is 0 Å². The molecule has 0 N–H and O–H groups in total. The van der Waals surface area contributed by atoms with Gasteiger partial charge >= 0.3 is 6.18 Å². The van der Waals surface area contributed by atoms with Gasteiger partial charge in [-0.3, -0.25) is 9.59 Å². The molecule has 0 radical (unpaired) electrons. The summed E-state index contributed by atoms with van der Waals surface area (Å²) in [5.74, 6) is 0.439. The summed E-state index contributed by atoms with van der Waals surface area (Å²) >= 11 is 0.